The Morgan fingerprint density at radius 2 is 0.852 bits per heavy atom. The van der Waals surface area contributed by atoms with Crippen molar-refractivity contribution in [3.8, 4) is 62.5 Å². The lowest BCUT2D eigenvalue weighted by atomic mass is 9.55. The molecular weight excluding hydrogens is 657 g/mol. The van der Waals surface area contributed by atoms with Gasteiger partial charge < -0.3 is 0 Å². The first-order chi connectivity index (χ1) is 26.5. The highest BCUT2D eigenvalue weighted by Gasteiger charge is 2.53. The smallest absolute Gasteiger partial charge is 0.164 e. The van der Waals surface area contributed by atoms with E-state index in [4.69, 9.17) is 15.0 Å². The first-order valence-electron chi connectivity index (χ1n) is 18.3. The van der Waals surface area contributed by atoms with Crippen LogP contribution in [0.25, 0.3) is 56.4 Å². The van der Waals surface area contributed by atoms with E-state index in [1.54, 1.807) is 6.07 Å². The summed E-state index contributed by atoms with van der Waals surface area (Å²) in [5.41, 5.74) is 14.9. The van der Waals surface area contributed by atoms with Gasteiger partial charge in [-0.25, -0.2) is 15.0 Å². The van der Waals surface area contributed by atoms with E-state index in [0.29, 0.717) is 23.0 Å². The first-order valence-corrected chi connectivity index (χ1v) is 18.3. The molecular formula is C50H34N4. The molecule has 0 saturated carbocycles. The molecule has 7 aromatic carbocycles. The molecule has 0 bridgehead atoms. The molecule has 2 aliphatic rings. The van der Waals surface area contributed by atoms with Crippen molar-refractivity contribution in [2.24, 2.45) is 0 Å². The number of nitrogens with zero attached hydrogens (tertiary/aromatic N) is 4. The molecule has 0 aliphatic heterocycles. The molecule has 0 fully saturated rings. The van der Waals surface area contributed by atoms with Gasteiger partial charge in [-0.1, -0.05) is 166 Å². The summed E-state index contributed by atoms with van der Waals surface area (Å²) in [5, 5.41) is 9.75. The van der Waals surface area contributed by atoms with Gasteiger partial charge in [0.05, 0.1) is 17.0 Å². The molecule has 0 atom stereocenters. The van der Waals surface area contributed by atoms with Crippen LogP contribution in [0.4, 0.5) is 0 Å². The topological polar surface area (TPSA) is 62.5 Å². The Kier molecular flexibility index (Phi) is 7.08. The van der Waals surface area contributed by atoms with Gasteiger partial charge in [0.15, 0.2) is 17.5 Å². The van der Waals surface area contributed by atoms with Crippen LogP contribution in [0, 0.1) is 11.3 Å². The lowest BCUT2D eigenvalue weighted by molar-refractivity contribution is 0.563. The second-order valence-corrected chi connectivity index (χ2v) is 14.7. The van der Waals surface area contributed by atoms with E-state index in [1.165, 1.54) is 44.5 Å². The Balaban J connectivity index is 1.21. The first kappa shape index (κ1) is 31.7. The van der Waals surface area contributed by atoms with Crippen LogP contribution in [0.15, 0.2) is 170 Å². The second kappa shape index (κ2) is 12.0. The summed E-state index contributed by atoms with van der Waals surface area (Å²) in [6.07, 6.45) is 0. The number of aromatic nitrogens is 3. The highest BCUT2D eigenvalue weighted by Crippen LogP contribution is 2.62. The Labute approximate surface area is 315 Å². The van der Waals surface area contributed by atoms with Crippen molar-refractivity contribution >= 4 is 0 Å². The van der Waals surface area contributed by atoms with E-state index in [1.807, 2.05) is 36.4 Å². The maximum Gasteiger partial charge on any atom is 0.164 e. The maximum atomic E-state index is 9.75. The van der Waals surface area contributed by atoms with Crippen molar-refractivity contribution < 1.29 is 0 Å². The normalized spacial score (nSPS) is 14.0. The molecule has 0 unspecified atom stereocenters. The van der Waals surface area contributed by atoms with Crippen molar-refractivity contribution in [3.05, 3.63) is 209 Å². The Morgan fingerprint density at radius 3 is 1.50 bits per heavy atom. The van der Waals surface area contributed by atoms with E-state index in [-0.39, 0.29) is 5.41 Å². The minimum Gasteiger partial charge on any atom is -0.208 e. The minimum atomic E-state index is -0.530. The molecule has 1 heterocycles. The van der Waals surface area contributed by atoms with Gasteiger partial charge in [0.2, 0.25) is 0 Å². The zero-order chi connectivity index (χ0) is 36.4. The van der Waals surface area contributed by atoms with Gasteiger partial charge in [-0.3, -0.25) is 0 Å². The van der Waals surface area contributed by atoms with Gasteiger partial charge in [0.25, 0.3) is 0 Å². The summed E-state index contributed by atoms with van der Waals surface area (Å²) in [6, 6.07) is 62.0. The second-order valence-electron chi connectivity index (χ2n) is 14.7. The average molecular weight is 691 g/mol. The lowest BCUT2D eigenvalue weighted by Gasteiger charge is -2.46. The molecule has 0 N–H and O–H groups in total. The third-order valence-corrected chi connectivity index (χ3v) is 11.4. The fourth-order valence-corrected chi connectivity index (χ4v) is 8.93. The van der Waals surface area contributed by atoms with Crippen LogP contribution in [-0.4, -0.2) is 15.0 Å². The summed E-state index contributed by atoms with van der Waals surface area (Å²) in [7, 11) is 0. The SMILES string of the molecule is CC1(C)c2ccccc2C2(c3ccccc3-c3ccc(-c4nc(-c5ccc(-c6ccccc6)cc5)nc(-c5cccc(C#N)c5)n4)cc32)c2ccccc21. The number of fused-ring (bicyclic) bond motifs is 9. The third-order valence-electron chi connectivity index (χ3n) is 11.4. The van der Waals surface area contributed by atoms with Crippen LogP contribution in [0.2, 0.25) is 0 Å². The standard InChI is InChI=1S/C50H34N4/c1-49(2)41-19-8-10-21-43(41)50(44-22-11-9-20-42(44)49)40-18-7-6-17-38(40)39-28-27-37(30-45(39)50)48-53-46(52-47(54-48)36-16-12-13-32(29-36)31-51)35-25-23-34(24-26-35)33-14-4-3-5-15-33/h3-30H,1-2H3. The van der Waals surface area contributed by atoms with Crippen molar-refractivity contribution in [2.45, 2.75) is 24.7 Å². The number of benzene rings is 7. The van der Waals surface area contributed by atoms with E-state index in [0.717, 1.165) is 27.8 Å². The maximum absolute atomic E-state index is 9.75. The fraction of sp³-hybridized carbons (Fsp3) is 0.0800. The van der Waals surface area contributed by atoms with Crippen molar-refractivity contribution in [2.75, 3.05) is 0 Å². The van der Waals surface area contributed by atoms with Gasteiger partial charge in [-0.2, -0.15) is 5.26 Å². The molecule has 2 aliphatic carbocycles. The molecule has 8 aromatic rings. The molecule has 1 spiro atoms. The molecule has 0 saturated heterocycles. The molecule has 0 amide bonds. The van der Waals surface area contributed by atoms with Crippen molar-refractivity contribution in [3.63, 3.8) is 0 Å². The highest BCUT2D eigenvalue weighted by molar-refractivity contribution is 5.90. The number of hydrogen-bond donors (Lipinski definition) is 0. The molecule has 0 radical (unpaired) electrons. The van der Waals surface area contributed by atoms with Crippen molar-refractivity contribution in [1.29, 1.82) is 5.26 Å². The van der Waals surface area contributed by atoms with Crippen LogP contribution >= 0.6 is 0 Å². The Hall–Kier alpha value is -6.96. The third kappa shape index (κ3) is 4.65. The van der Waals surface area contributed by atoms with Crippen LogP contribution in [-0.2, 0) is 10.8 Å². The van der Waals surface area contributed by atoms with Gasteiger partial charge >= 0.3 is 0 Å². The molecule has 4 heteroatoms. The Bertz CT molecular complexity index is 2760. The largest absolute Gasteiger partial charge is 0.208 e. The van der Waals surface area contributed by atoms with Gasteiger partial charge in [0.1, 0.15) is 0 Å². The van der Waals surface area contributed by atoms with Crippen LogP contribution in [0.5, 0.6) is 0 Å². The number of hydrogen-bond acceptors (Lipinski definition) is 4. The predicted molar refractivity (Wildman–Crippen MR) is 216 cm³/mol. The minimum absolute atomic E-state index is 0.181. The predicted octanol–water partition coefficient (Wildman–Crippen LogP) is 11.4. The van der Waals surface area contributed by atoms with E-state index in [2.05, 4.69) is 147 Å². The molecule has 1 aromatic heterocycles. The molecule has 254 valence electrons. The monoisotopic (exact) mass is 690 g/mol. The van der Waals surface area contributed by atoms with Crippen molar-refractivity contribution in [1.82, 2.24) is 15.0 Å². The lowest BCUT2D eigenvalue weighted by Crippen LogP contribution is -2.40. The summed E-state index contributed by atoms with van der Waals surface area (Å²) in [4.78, 5) is 15.3. The highest BCUT2D eigenvalue weighted by atomic mass is 15.0. The Morgan fingerprint density at radius 1 is 0.389 bits per heavy atom. The van der Waals surface area contributed by atoms with Crippen LogP contribution in [0.3, 0.4) is 0 Å². The summed E-state index contributed by atoms with van der Waals surface area (Å²) in [5.74, 6) is 1.68. The summed E-state index contributed by atoms with van der Waals surface area (Å²) >= 11 is 0. The summed E-state index contributed by atoms with van der Waals surface area (Å²) < 4.78 is 0. The average Bonchev–Trinajstić information content (AvgIpc) is 3.53. The van der Waals surface area contributed by atoms with E-state index in [9.17, 15) is 5.26 Å². The number of rotatable bonds is 4. The fourth-order valence-electron chi connectivity index (χ4n) is 8.93. The van der Waals surface area contributed by atoms with E-state index < -0.39 is 5.41 Å². The molecule has 10 rings (SSSR count). The van der Waals surface area contributed by atoms with Gasteiger partial charge in [-0.05, 0) is 73.8 Å². The quantitative estimate of drug-likeness (QED) is 0.184. The van der Waals surface area contributed by atoms with Gasteiger partial charge in [-0.15, -0.1) is 0 Å². The number of nitriles is 1. The van der Waals surface area contributed by atoms with Gasteiger partial charge in [0, 0.05) is 22.1 Å². The summed E-state index contributed by atoms with van der Waals surface area (Å²) in [6.45, 7) is 4.69. The molecule has 54 heavy (non-hydrogen) atoms. The molecule has 4 nitrogen and oxygen atoms in total. The van der Waals surface area contributed by atoms with Crippen LogP contribution < -0.4 is 0 Å². The zero-order valence-corrected chi connectivity index (χ0v) is 30.0. The zero-order valence-electron chi connectivity index (χ0n) is 30.0. The van der Waals surface area contributed by atoms with E-state index >= 15 is 0 Å². The van der Waals surface area contributed by atoms with Crippen LogP contribution in [0.1, 0.15) is 52.8 Å².